The summed E-state index contributed by atoms with van der Waals surface area (Å²) in [5.74, 6) is -0.0274. The summed E-state index contributed by atoms with van der Waals surface area (Å²) in [5, 5.41) is 6.79. The van der Waals surface area contributed by atoms with Crippen molar-refractivity contribution < 1.29 is 4.79 Å². The molecule has 1 aromatic heterocycles. The average Bonchev–Trinajstić information content (AvgIpc) is 2.54. The standard InChI is InChI=1S/C18H14Cl2N4O/c1-11-7-16(17(25)22-14-5-3-2-4-6-14)24-18(21-11)23-15-9-12(19)8-13(20)10-15/h2-10H,1H3,(H,22,25)(H,21,23,24). The molecular weight excluding hydrogens is 359 g/mol. The highest BCUT2D eigenvalue weighted by atomic mass is 35.5. The van der Waals surface area contributed by atoms with Crippen LogP contribution in [0.1, 0.15) is 16.2 Å². The number of benzene rings is 2. The number of carbonyl (C=O) groups excluding carboxylic acids is 1. The van der Waals surface area contributed by atoms with Crippen molar-refractivity contribution in [3.63, 3.8) is 0 Å². The Bertz CT molecular complexity index is 896. The van der Waals surface area contributed by atoms with Crippen molar-refractivity contribution in [1.29, 1.82) is 0 Å². The lowest BCUT2D eigenvalue weighted by atomic mass is 10.3. The van der Waals surface area contributed by atoms with Crippen molar-refractivity contribution >= 4 is 46.4 Å². The Morgan fingerprint density at radius 1 is 0.920 bits per heavy atom. The van der Waals surface area contributed by atoms with Crippen LogP contribution < -0.4 is 10.6 Å². The number of anilines is 3. The Morgan fingerprint density at radius 2 is 1.60 bits per heavy atom. The zero-order valence-electron chi connectivity index (χ0n) is 13.3. The summed E-state index contributed by atoms with van der Waals surface area (Å²) in [4.78, 5) is 21.0. The van der Waals surface area contributed by atoms with Crippen molar-refractivity contribution in [3.05, 3.63) is 76.0 Å². The molecule has 0 fully saturated rings. The van der Waals surface area contributed by atoms with Crippen LogP contribution in [0.4, 0.5) is 17.3 Å². The van der Waals surface area contributed by atoms with Crippen molar-refractivity contribution in [2.24, 2.45) is 0 Å². The van der Waals surface area contributed by atoms with Gasteiger partial charge in [0.05, 0.1) is 0 Å². The zero-order chi connectivity index (χ0) is 17.8. The molecule has 3 aromatic rings. The van der Waals surface area contributed by atoms with Gasteiger partial charge in [-0.2, -0.15) is 0 Å². The van der Waals surface area contributed by atoms with Crippen LogP contribution in [-0.2, 0) is 0 Å². The van der Waals surface area contributed by atoms with E-state index in [-0.39, 0.29) is 17.5 Å². The highest BCUT2D eigenvalue weighted by molar-refractivity contribution is 6.35. The molecule has 0 spiro atoms. The molecule has 0 aliphatic rings. The second-order valence-electron chi connectivity index (χ2n) is 5.32. The van der Waals surface area contributed by atoms with Crippen molar-refractivity contribution in [2.75, 3.05) is 10.6 Å². The summed E-state index contributed by atoms with van der Waals surface area (Å²) in [5.41, 5.74) is 2.24. The van der Waals surface area contributed by atoms with E-state index in [1.165, 1.54) is 0 Å². The van der Waals surface area contributed by atoms with Crippen LogP contribution in [0.2, 0.25) is 10.0 Å². The predicted octanol–water partition coefficient (Wildman–Crippen LogP) is 5.09. The largest absolute Gasteiger partial charge is 0.324 e. The van der Waals surface area contributed by atoms with Crippen LogP contribution in [0.25, 0.3) is 0 Å². The van der Waals surface area contributed by atoms with E-state index in [2.05, 4.69) is 20.6 Å². The number of aryl methyl sites for hydroxylation is 1. The third-order valence-electron chi connectivity index (χ3n) is 3.24. The van der Waals surface area contributed by atoms with Gasteiger partial charge in [-0.05, 0) is 43.3 Å². The van der Waals surface area contributed by atoms with Gasteiger partial charge < -0.3 is 10.6 Å². The number of carbonyl (C=O) groups is 1. The molecule has 3 rings (SSSR count). The maximum atomic E-state index is 12.4. The first-order valence-electron chi connectivity index (χ1n) is 7.45. The van der Waals surface area contributed by atoms with Gasteiger partial charge in [-0.25, -0.2) is 9.97 Å². The minimum atomic E-state index is -0.316. The monoisotopic (exact) mass is 372 g/mol. The molecule has 0 unspecified atom stereocenters. The van der Waals surface area contributed by atoms with E-state index in [1.807, 2.05) is 18.2 Å². The molecule has 5 nitrogen and oxygen atoms in total. The second kappa shape index (κ2) is 7.51. The smallest absolute Gasteiger partial charge is 0.274 e. The Balaban J connectivity index is 1.83. The van der Waals surface area contributed by atoms with E-state index in [0.717, 1.165) is 0 Å². The third kappa shape index (κ3) is 4.68. The van der Waals surface area contributed by atoms with E-state index >= 15 is 0 Å². The Labute approximate surface area is 155 Å². The van der Waals surface area contributed by atoms with Crippen LogP contribution in [0.5, 0.6) is 0 Å². The van der Waals surface area contributed by atoms with Crippen molar-refractivity contribution in [1.82, 2.24) is 9.97 Å². The minimum absolute atomic E-state index is 0.256. The van der Waals surface area contributed by atoms with Gasteiger partial charge >= 0.3 is 0 Å². The van der Waals surface area contributed by atoms with Crippen LogP contribution in [0.15, 0.2) is 54.6 Å². The lowest BCUT2D eigenvalue weighted by molar-refractivity contribution is 0.102. The van der Waals surface area contributed by atoms with Gasteiger partial charge in [0.15, 0.2) is 0 Å². The van der Waals surface area contributed by atoms with Crippen LogP contribution >= 0.6 is 23.2 Å². The molecular formula is C18H14Cl2N4O. The molecule has 1 heterocycles. The average molecular weight is 373 g/mol. The first-order chi connectivity index (χ1) is 12.0. The highest BCUT2D eigenvalue weighted by Crippen LogP contribution is 2.24. The van der Waals surface area contributed by atoms with Gasteiger partial charge in [-0.3, -0.25) is 4.79 Å². The molecule has 126 valence electrons. The molecule has 2 N–H and O–H groups in total. The fourth-order valence-electron chi connectivity index (χ4n) is 2.21. The van der Waals surface area contributed by atoms with E-state index in [1.54, 1.807) is 43.3 Å². The fraction of sp³-hybridized carbons (Fsp3) is 0.0556. The summed E-state index contributed by atoms with van der Waals surface area (Å²) in [6.45, 7) is 1.79. The number of aromatic nitrogens is 2. The molecule has 0 radical (unpaired) electrons. The predicted molar refractivity (Wildman–Crippen MR) is 101 cm³/mol. The molecule has 7 heteroatoms. The van der Waals surface area contributed by atoms with E-state index in [4.69, 9.17) is 23.2 Å². The van der Waals surface area contributed by atoms with E-state index < -0.39 is 0 Å². The minimum Gasteiger partial charge on any atom is -0.324 e. The lowest BCUT2D eigenvalue weighted by Gasteiger charge is -2.09. The molecule has 0 saturated carbocycles. The Kier molecular flexibility index (Phi) is 5.16. The SMILES string of the molecule is Cc1cc(C(=O)Nc2ccccc2)nc(Nc2cc(Cl)cc(Cl)c2)n1. The van der Waals surface area contributed by atoms with Gasteiger partial charge in [0.2, 0.25) is 5.95 Å². The number of hydrogen-bond acceptors (Lipinski definition) is 4. The topological polar surface area (TPSA) is 66.9 Å². The van der Waals surface area contributed by atoms with Crippen molar-refractivity contribution in [2.45, 2.75) is 6.92 Å². The van der Waals surface area contributed by atoms with Crippen LogP contribution in [-0.4, -0.2) is 15.9 Å². The summed E-state index contributed by atoms with van der Waals surface area (Å²) in [6.07, 6.45) is 0. The number of amides is 1. The summed E-state index contributed by atoms with van der Waals surface area (Å²) in [6, 6.07) is 15.8. The van der Waals surface area contributed by atoms with Gasteiger partial charge in [-0.15, -0.1) is 0 Å². The van der Waals surface area contributed by atoms with E-state index in [9.17, 15) is 4.79 Å². The fourth-order valence-corrected chi connectivity index (χ4v) is 2.74. The zero-order valence-corrected chi connectivity index (χ0v) is 14.8. The first-order valence-corrected chi connectivity index (χ1v) is 8.20. The molecule has 0 atom stereocenters. The molecule has 1 amide bonds. The normalized spacial score (nSPS) is 10.4. The second-order valence-corrected chi connectivity index (χ2v) is 6.19. The number of rotatable bonds is 4. The molecule has 0 bridgehead atoms. The molecule has 0 aliphatic heterocycles. The van der Waals surface area contributed by atoms with Gasteiger partial charge in [0.1, 0.15) is 5.69 Å². The molecule has 0 aliphatic carbocycles. The molecule has 25 heavy (non-hydrogen) atoms. The van der Waals surface area contributed by atoms with Gasteiger partial charge in [-0.1, -0.05) is 41.4 Å². The number of halogens is 2. The number of nitrogens with zero attached hydrogens (tertiary/aromatic N) is 2. The quantitative estimate of drug-likeness (QED) is 0.669. The van der Waals surface area contributed by atoms with Crippen LogP contribution in [0, 0.1) is 6.92 Å². The number of nitrogens with one attached hydrogen (secondary N) is 2. The molecule has 0 saturated heterocycles. The highest BCUT2D eigenvalue weighted by Gasteiger charge is 2.11. The van der Waals surface area contributed by atoms with Crippen molar-refractivity contribution in [3.8, 4) is 0 Å². The van der Waals surface area contributed by atoms with Gasteiger partial charge in [0.25, 0.3) is 5.91 Å². The Hall–Kier alpha value is -2.63. The third-order valence-corrected chi connectivity index (χ3v) is 3.67. The maximum absolute atomic E-state index is 12.4. The first kappa shape index (κ1) is 17.2. The Morgan fingerprint density at radius 3 is 2.28 bits per heavy atom. The van der Waals surface area contributed by atoms with E-state index in [0.29, 0.717) is 27.1 Å². The maximum Gasteiger partial charge on any atom is 0.274 e. The summed E-state index contributed by atoms with van der Waals surface area (Å²) in [7, 11) is 0. The number of para-hydroxylation sites is 1. The van der Waals surface area contributed by atoms with Crippen LogP contribution in [0.3, 0.4) is 0 Å². The summed E-state index contributed by atoms with van der Waals surface area (Å²) < 4.78 is 0. The lowest BCUT2D eigenvalue weighted by Crippen LogP contribution is -2.15. The molecule has 2 aromatic carbocycles. The summed E-state index contributed by atoms with van der Waals surface area (Å²) >= 11 is 12.0. The van der Waals surface area contributed by atoms with Gasteiger partial charge in [0, 0.05) is 27.1 Å². The number of hydrogen-bond donors (Lipinski definition) is 2.